The molecule has 100 valence electrons. The molecule has 1 atom stereocenters. The number of nitrogens with one attached hydrogen (secondary N) is 1. The van der Waals surface area contributed by atoms with Gasteiger partial charge in [-0.25, -0.2) is 0 Å². The van der Waals surface area contributed by atoms with Crippen molar-refractivity contribution >= 4 is 5.91 Å². The number of carbonyl (C=O) groups is 1. The lowest BCUT2D eigenvalue weighted by Gasteiger charge is -2.32. The molecule has 0 radical (unpaired) electrons. The topological polar surface area (TPSA) is 55.1 Å². The Bertz CT molecular complexity index is 429. The Balaban J connectivity index is 3.15. The summed E-state index contributed by atoms with van der Waals surface area (Å²) in [5.74, 6) is -0.276. The van der Waals surface area contributed by atoms with E-state index in [1.165, 1.54) is 11.1 Å². The molecule has 0 aliphatic heterocycles. The lowest BCUT2D eigenvalue weighted by molar-refractivity contribution is -0.119. The number of aryl methyl sites for hydroxylation is 2. The Morgan fingerprint density at radius 1 is 1.39 bits per heavy atom. The number of carbonyl (C=O) groups excluding carboxylic acids is 1. The molecule has 3 N–H and O–H groups in total. The number of primary amides is 1. The molecule has 0 aromatic heterocycles. The van der Waals surface area contributed by atoms with Crippen LogP contribution < -0.4 is 11.1 Å². The van der Waals surface area contributed by atoms with Crippen LogP contribution in [-0.2, 0) is 10.3 Å². The van der Waals surface area contributed by atoms with Gasteiger partial charge in [-0.1, -0.05) is 30.7 Å². The van der Waals surface area contributed by atoms with Crippen LogP contribution in [0.2, 0.25) is 0 Å². The van der Waals surface area contributed by atoms with Gasteiger partial charge in [-0.05, 0) is 44.9 Å². The quantitative estimate of drug-likeness (QED) is 0.812. The largest absolute Gasteiger partial charge is 0.370 e. The van der Waals surface area contributed by atoms with Crippen molar-refractivity contribution in [2.45, 2.75) is 46.1 Å². The van der Waals surface area contributed by atoms with E-state index in [0.717, 1.165) is 18.5 Å². The molecule has 0 heterocycles. The van der Waals surface area contributed by atoms with E-state index >= 15 is 0 Å². The number of amides is 1. The van der Waals surface area contributed by atoms with Crippen molar-refractivity contribution in [1.82, 2.24) is 5.32 Å². The van der Waals surface area contributed by atoms with Gasteiger partial charge in [-0.3, -0.25) is 4.79 Å². The second kappa shape index (κ2) is 6.01. The van der Waals surface area contributed by atoms with Crippen LogP contribution >= 0.6 is 0 Å². The van der Waals surface area contributed by atoms with E-state index in [1.54, 1.807) is 0 Å². The summed E-state index contributed by atoms with van der Waals surface area (Å²) < 4.78 is 0. The van der Waals surface area contributed by atoms with E-state index in [-0.39, 0.29) is 11.4 Å². The molecule has 0 aliphatic carbocycles. The van der Waals surface area contributed by atoms with Crippen LogP contribution in [0.3, 0.4) is 0 Å². The van der Waals surface area contributed by atoms with E-state index in [2.05, 4.69) is 51.2 Å². The number of hydrogen-bond donors (Lipinski definition) is 2. The summed E-state index contributed by atoms with van der Waals surface area (Å²) in [5.41, 5.74) is 8.57. The van der Waals surface area contributed by atoms with E-state index < -0.39 is 0 Å². The van der Waals surface area contributed by atoms with Crippen LogP contribution in [0.1, 0.15) is 43.4 Å². The van der Waals surface area contributed by atoms with Gasteiger partial charge in [0.1, 0.15) is 0 Å². The molecule has 1 unspecified atom stereocenters. The maximum Gasteiger partial charge on any atom is 0.219 e. The molecule has 0 bridgehead atoms. The average molecular weight is 248 g/mol. The molecule has 3 heteroatoms. The van der Waals surface area contributed by atoms with Crippen molar-refractivity contribution < 1.29 is 4.79 Å². The molecule has 0 fully saturated rings. The Kier molecular flexibility index (Phi) is 4.91. The van der Waals surface area contributed by atoms with Gasteiger partial charge >= 0.3 is 0 Å². The van der Waals surface area contributed by atoms with Gasteiger partial charge in [-0.15, -0.1) is 0 Å². The van der Waals surface area contributed by atoms with Crippen LogP contribution in [0, 0.1) is 13.8 Å². The third-order valence-corrected chi connectivity index (χ3v) is 3.28. The lowest BCUT2D eigenvalue weighted by atomic mass is 9.84. The minimum Gasteiger partial charge on any atom is -0.370 e. The van der Waals surface area contributed by atoms with Crippen LogP contribution in [-0.4, -0.2) is 12.5 Å². The van der Waals surface area contributed by atoms with Gasteiger partial charge in [0, 0.05) is 12.0 Å². The van der Waals surface area contributed by atoms with Gasteiger partial charge in [0.2, 0.25) is 5.91 Å². The molecule has 0 spiro atoms. The molecule has 0 saturated heterocycles. The molecular weight excluding hydrogens is 224 g/mol. The monoisotopic (exact) mass is 248 g/mol. The first-order valence-corrected chi connectivity index (χ1v) is 6.50. The SMILES string of the molecule is CCCNC(C)(CC(N)=O)c1cc(C)ccc1C. The Morgan fingerprint density at radius 3 is 2.61 bits per heavy atom. The zero-order valence-corrected chi connectivity index (χ0v) is 11.8. The highest BCUT2D eigenvalue weighted by atomic mass is 16.1. The highest BCUT2D eigenvalue weighted by molar-refractivity contribution is 5.75. The molecule has 1 aromatic carbocycles. The lowest BCUT2D eigenvalue weighted by Crippen LogP contribution is -2.43. The maximum atomic E-state index is 11.3. The smallest absolute Gasteiger partial charge is 0.219 e. The summed E-state index contributed by atoms with van der Waals surface area (Å²) in [5, 5.41) is 3.46. The van der Waals surface area contributed by atoms with Crippen molar-refractivity contribution in [3.8, 4) is 0 Å². The normalized spacial score (nSPS) is 14.2. The van der Waals surface area contributed by atoms with Crippen molar-refractivity contribution in [2.24, 2.45) is 5.73 Å². The van der Waals surface area contributed by atoms with Crippen LogP contribution in [0.25, 0.3) is 0 Å². The van der Waals surface area contributed by atoms with Gasteiger partial charge in [-0.2, -0.15) is 0 Å². The van der Waals surface area contributed by atoms with E-state index in [9.17, 15) is 4.79 Å². The van der Waals surface area contributed by atoms with Gasteiger partial charge in [0.25, 0.3) is 0 Å². The summed E-state index contributed by atoms with van der Waals surface area (Å²) in [7, 11) is 0. The summed E-state index contributed by atoms with van der Waals surface area (Å²) in [6.07, 6.45) is 1.34. The van der Waals surface area contributed by atoms with Crippen molar-refractivity contribution in [3.63, 3.8) is 0 Å². The summed E-state index contributed by atoms with van der Waals surface area (Å²) in [6.45, 7) is 9.17. The number of nitrogens with two attached hydrogens (primary N) is 1. The van der Waals surface area contributed by atoms with Crippen molar-refractivity contribution in [2.75, 3.05) is 6.54 Å². The molecule has 1 aromatic rings. The predicted octanol–water partition coefficient (Wildman–Crippen LogP) is 2.39. The standard InChI is InChI=1S/C15H24N2O/c1-5-8-17-15(4,10-14(16)18)13-9-11(2)6-7-12(13)3/h6-7,9,17H,5,8,10H2,1-4H3,(H2,16,18). The first-order valence-electron chi connectivity index (χ1n) is 6.50. The van der Waals surface area contributed by atoms with Gasteiger partial charge in [0.15, 0.2) is 0 Å². The first kappa shape index (κ1) is 14.7. The summed E-state index contributed by atoms with van der Waals surface area (Å²) in [4.78, 5) is 11.3. The molecule has 0 aliphatic rings. The van der Waals surface area contributed by atoms with Gasteiger partial charge < -0.3 is 11.1 Å². The fraction of sp³-hybridized carbons (Fsp3) is 0.533. The first-order chi connectivity index (χ1) is 8.39. The third kappa shape index (κ3) is 3.57. The Hall–Kier alpha value is -1.35. The van der Waals surface area contributed by atoms with Crippen LogP contribution in [0.4, 0.5) is 0 Å². The fourth-order valence-electron chi connectivity index (χ4n) is 2.33. The number of benzene rings is 1. The Morgan fingerprint density at radius 2 is 2.06 bits per heavy atom. The molecule has 1 amide bonds. The molecule has 18 heavy (non-hydrogen) atoms. The second-order valence-electron chi connectivity index (χ2n) is 5.22. The molecule has 3 nitrogen and oxygen atoms in total. The highest BCUT2D eigenvalue weighted by Gasteiger charge is 2.29. The third-order valence-electron chi connectivity index (χ3n) is 3.28. The van der Waals surface area contributed by atoms with E-state index in [1.807, 2.05) is 0 Å². The second-order valence-corrected chi connectivity index (χ2v) is 5.22. The van der Waals surface area contributed by atoms with E-state index in [0.29, 0.717) is 6.42 Å². The highest BCUT2D eigenvalue weighted by Crippen LogP contribution is 2.28. The van der Waals surface area contributed by atoms with Crippen LogP contribution in [0.15, 0.2) is 18.2 Å². The average Bonchev–Trinajstić information content (AvgIpc) is 2.29. The summed E-state index contributed by atoms with van der Waals surface area (Å²) >= 11 is 0. The van der Waals surface area contributed by atoms with Crippen molar-refractivity contribution in [3.05, 3.63) is 34.9 Å². The fourth-order valence-corrected chi connectivity index (χ4v) is 2.33. The minimum absolute atomic E-state index is 0.276. The molecular formula is C15H24N2O. The Labute approximate surface area is 110 Å². The molecule has 0 saturated carbocycles. The zero-order chi connectivity index (χ0) is 13.8. The predicted molar refractivity (Wildman–Crippen MR) is 75.4 cm³/mol. The van der Waals surface area contributed by atoms with E-state index in [4.69, 9.17) is 5.73 Å². The zero-order valence-electron chi connectivity index (χ0n) is 11.8. The summed E-state index contributed by atoms with van der Waals surface area (Å²) in [6, 6.07) is 6.32. The number of rotatable bonds is 6. The number of hydrogen-bond acceptors (Lipinski definition) is 2. The van der Waals surface area contributed by atoms with Crippen molar-refractivity contribution in [1.29, 1.82) is 0 Å². The maximum absolute atomic E-state index is 11.3. The minimum atomic E-state index is -0.377. The van der Waals surface area contributed by atoms with Crippen LogP contribution in [0.5, 0.6) is 0 Å². The van der Waals surface area contributed by atoms with Gasteiger partial charge in [0.05, 0.1) is 0 Å². The molecule has 1 rings (SSSR count).